The van der Waals surface area contributed by atoms with Crippen LogP contribution in [0.4, 0.5) is 13.2 Å². The molecule has 0 unspecified atom stereocenters. The number of allylic oxidation sites excluding steroid dienone is 5. The van der Waals surface area contributed by atoms with Gasteiger partial charge in [-0.3, -0.25) is 0 Å². The van der Waals surface area contributed by atoms with Crippen LogP contribution in [0.5, 0.6) is 0 Å². The van der Waals surface area contributed by atoms with Gasteiger partial charge < -0.3 is 0 Å². The van der Waals surface area contributed by atoms with E-state index >= 15 is 0 Å². The third-order valence-electron chi connectivity index (χ3n) is 0.810. The molecule has 0 aliphatic carbocycles. The highest BCUT2D eigenvalue weighted by molar-refractivity contribution is 5.19. The minimum absolute atomic E-state index is 0.188. The second-order valence-electron chi connectivity index (χ2n) is 2.43. The summed E-state index contributed by atoms with van der Waals surface area (Å²) < 4.78 is 31.1. The van der Waals surface area contributed by atoms with Crippen LogP contribution in [0.1, 0.15) is 34.6 Å². The van der Waals surface area contributed by atoms with Crippen molar-refractivity contribution >= 4 is 0 Å². The Morgan fingerprint density at radius 2 is 1.53 bits per heavy atom. The van der Waals surface area contributed by atoms with Gasteiger partial charge in [-0.2, -0.15) is 13.2 Å². The van der Waals surface area contributed by atoms with Crippen LogP contribution in [0.15, 0.2) is 36.5 Å². The Balaban J connectivity index is -0.000000177. The maximum absolute atomic E-state index is 10.4. The molecule has 15 heavy (non-hydrogen) atoms. The summed E-state index contributed by atoms with van der Waals surface area (Å²) in [5, 5.41) is 0. The normalized spacial score (nSPS) is 11.1. The highest BCUT2D eigenvalue weighted by atomic mass is 19.4. The van der Waals surface area contributed by atoms with Gasteiger partial charge in [-0.1, -0.05) is 50.3 Å². The van der Waals surface area contributed by atoms with E-state index in [1.165, 1.54) is 5.57 Å². The standard InChI is InChI=1S/C8H12.C2H3F3.C2H6/c1-4-6-8(3)7-5-2;1-2(3,4)5;1-2/h4-7H,1H2,2-3H3;1H3;1-2H3/b7-5-,8-6-;;. The third kappa shape index (κ3) is 62.8. The molecule has 0 bridgehead atoms. The van der Waals surface area contributed by atoms with Crippen LogP contribution in [-0.2, 0) is 0 Å². The van der Waals surface area contributed by atoms with E-state index in [-0.39, 0.29) is 6.92 Å². The van der Waals surface area contributed by atoms with E-state index < -0.39 is 6.18 Å². The Hall–Kier alpha value is -0.990. The summed E-state index contributed by atoms with van der Waals surface area (Å²) in [4.78, 5) is 0. The van der Waals surface area contributed by atoms with E-state index in [1.807, 2.05) is 45.9 Å². The Bertz CT molecular complexity index is 180. The zero-order valence-corrected chi connectivity index (χ0v) is 10.2. The van der Waals surface area contributed by atoms with Gasteiger partial charge in [0.2, 0.25) is 0 Å². The Labute approximate surface area is 91.2 Å². The Kier molecular flexibility index (Phi) is 17.0. The van der Waals surface area contributed by atoms with Crippen molar-refractivity contribution < 1.29 is 13.2 Å². The van der Waals surface area contributed by atoms with Crippen LogP contribution in [0.25, 0.3) is 0 Å². The topological polar surface area (TPSA) is 0 Å². The lowest BCUT2D eigenvalue weighted by atomic mass is 10.2. The molecule has 0 aliphatic rings. The van der Waals surface area contributed by atoms with Crippen molar-refractivity contribution in [2.75, 3.05) is 0 Å². The van der Waals surface area contributed by atoms with Gasteiger partial charge in [0.15, 0.2) is 0 Å². The monoisotopic (exact) mass is 222 g/mol. The summed E-state index contributed by atoms with van der Waals surface area (Å²) >= 11 is 0. The van der Waals surface area contributed by atoms with Gasteiger partial charge in [-0.05, 0) is 13.8 Å². The molecule has 90 valence electrons. The summed E-state index contributed by atoms with van der Waals surface area (Å²) in [6.07, 6.45) is 3.81. The van der Waals surface area contributed by atoms with Crippen LogP contribution in [-0.4, -0.2) is 6.18 Å². The number of alkyl halides is 3. The lowest BCUT2D eigenvalue weighted by Crippen LogP contribution is -1.95. The Morgan fingerprint density at radius 1 is 1.20 bits per heavy atom. The van der Waals surface area contributed by atoms with Crippen LogP contribution >= 0.6 is 0 Å². The zero-order chi connectivity index (χ0) is 12.9. The fourth-order valence-corrected chi connectivity index (χ4v) is 0.504. The van der Waals surface area contributed by atoms with Crippen molar-refractivity contribution in [1.29, 1.82) is 0 Å². The van der Waals surface area contributed by atoms with Gasteiger partial charge in [0.1, 0.15) is 0 Å². The van der Waals surface area contributed by atoms with E-state index in [9.17, 15) is 13.2 Å². The smallest absolute Gasteiger partial charge is 0.172 e. The summed E-state index contributed by atoms with van der Waals surface area (Å²) in [7, 11) is 0. The minimum Gasteiger partial charge on any atom is -0.172 e. The fourth-order valence-electron chi connectivity index (χ4n) is 0.504. The second kappa shape index (κ2) is 13.0. The largest absolute Gasteiger partial charge is 0.386 e. The van der Waals surface area contributed by atoms with E-state index in [0.717, 1.165) is 0 Å². The maximum atomic E-state index is 10.4. The van der Waals surface area contributed by atoms with Gasteiger partial charge in [0, 0.05) is 6.92 Å². The van der Waals surface area contributed by atoms with Crippen molar-refractivity contribution in [1.82, 2.24) is 0 Å². The molecule has 0 fully saturated rings. The minimum atomic E-state index is -4.00. The molecule has 0 aromatic carbocycles. The highest BCUT2D eigenvalue weighted by Gasteiger charge is 2.15. The molecule has 0 aromatic heterocycles. The molecule has 0 saturated carbocycles. The van der Waals surface area contributed by atoms with E-state index in [2.05, 4.69) is 6.58 Å². The molecule has 0 atom stereocenters. The van der Waals surface area contributed by atoms with E-state index in [0.29, 0.717) is 0 Å². The van der Waals surface area contributed by atoms with Crippen LogP contribution in [0.2, 0.25) is 0 Å². The SMILES string of the molecule is C=C/C=C(C)\C=C/C.CC.CC(F)(F)F. The van der Waals surface area contributed by atoms with Gasteiger partial charge in [0.25, 0.3) is 0 Å². The van der Waals surface area contributed by atoms with Gasteiger partial charge in [-0.15, -0.1) is 0 Å². The quantitative estimate of drug-likeness (QED) is 0.557. The number of rotatable bonds is 2. The summed E-state index contributed by atoms with van der Waals surface area (Å²) in [5.41, 5.74) is 1.24. The Morgan fingerprint density at radius 3 is 1.73 bits per heavy atom. The first-order valence-electron chi connectivity index (χ1n) is 4.80. The lowest BCUT2D eigenvalue weighted by molar-refractivity contribution is -0.110. The number of hydrogen-bond acceptors (Lipinski definition) is 0. The first-order valence-corrected chi connectivity index (χ1v) is 4.80. The second-order valence-corrected chi connectivity index (χ2v) is 2.43. The molecule has 0 N–H and O–H groups in total. The lowest BCUT2D eigenvalue weighted by Gasteiger charge is -1.88. The van der Waals surface area contributed by atoms with Crippen LogP contribution < -0.4 is 0 Å². The van der Waals surface area contributed by atoms with Gasteiger partial charge >= 0.3 is 6.18 Å². The van der Waals surface area contributed by atoms with Crippen molar-refractivity contribution in [2.24, 2.45) is 0 Å². The molecule has 0 amide bonds. The van der Waals surface area contributed by atoms with Crippen molar-refractivity contribution in [3.05, 3.63) is 36.5 Å². The first-order chi connectivity index (χ1) is 6.81. The zero-order valence-electron chi connectivity index (χ0n) is 10.2. The molecular weight excluding hydrogens is 201 g/mol. The average Bonchev–Trinajstić information content (AvgIpc) is 2.06. The van der Waals surface area contributed by atoms with Gasteiger partial charge in [-0.25, -0.2) is 0 Å². The molecule has 0 spiro atoms. The first kappa shape index (κ1) is 19.6. The highest BCUT2D eigenvalue weighted by Crippen LogP contribution is 2.10. The van der Waals surface area contributed by atoms with E-state index in [1.54, 1.807) is 6.08 Å². The number of halogens is 3. The third-order valence-corrected chi connectivity index (χ3v) is 0.810. The molecule has 0 radical (unpaired) electrons. The average molecular weight is 222 g/mol. The van der Waals surface area contributed by atoms with Gasteiger partial charge in [0.05, 0.1) is 0 Å². The van der Waals surface area contributed by atoms with Crippen molar-refractivity contribution in [3.63, 3.8) is 0 Å². The molecule has 0 aromatic rings. The molecule has 0 heterocycles. The number of hydrogen-bond donors (Lipinski definition) is 0. The van der Waals surface area contributed by atoms with E-state index in [4.69, 9.17) is 0 Å². The molecular formula is C12H21F3. The predicted molar refractivity (Wildman–Crippen MR) is 61.8 cm³/mol. The van der Waals surface area contributed by atoms with Crippen molar-refractivity contribution in [2.45, 2.75) is 40.8 Å². The van der Waals surface area contributed by atoms with Crippen LogP contribution in [0, 0.1) is 0 Å². The molecule has 0 saturated heterocycles. The summed E-state index contributed by atoms with van der Waals surface area (Å²) in [5.74, 6) is 0. The van der Waals surface area contributed by atoms with Crippen molar-refractivity contribution in [3.8, 4) is 0 Å². The maximum Gasteiger partial charge on any atom is 0.386 e. The molecule has 0 rings (SSSR count). The summed E-state index contributed by atoms with van der Waals surface area (Å²) in [6, 6.07) is 0. The molecule has 0 aliphatic heterocycles. The predicted octanol–water partition coefficient (Wildman–Crippen LogP) is 5.29. The van der Waals surface area contributed by atoms with Crippen LogP contribution in [0.3, 0.4) is 0 Å². The fraction of sp³-hybridized carbons (Fsp3) is 0.500. The summed E-state index contributed by atoms with van der Waals surface area (Å²) in [6.45, 7) is 11.8. The molecule has 0 nitrogen and oxygen atoms in total. The molecule has 3 heteroatoms.